The lowest BCUT2D eigenvalue weighted by atomic mass is 10.1. The molecule has 2 aromatic carbocycles. The molecule has 1 unspecified atom stereocenters. The van der Waals surface area contributed by atoms with Crippen LogP contribution in [0.4, 0.5) is 5.69 Å². The molecule has 8 heteroatoms. The highest BCUT2D eigenvalue weighted by molar-refractivity contribution is 8.03. The van der Waals surface area contributed by atoms with E-state index in [1.807, 2.05) is 5.40 Å². The number of methoxy groups -OCH3 is 2. The number of hydrogen-bond acceptors (Lipinski definition) is 6. The monoisotopic (exact) mass is 385 g/mol. The molecule has 0 aliphatic rings. The van der Waals surface area contributed by atoms with Gasteiger partial charge in [0, 0.05) is 10.6 Å². The Hall–Kier alpha value is -3.18. The molecule has 0 aromatic heterocycles. The number of nitrogens with one attached hydrogen (secondary N) is 2. The SMILES string of the molecule is COc1ccc(C(C)NC(=O)C(=O)Nc2ccc(SC#N)cc2)cc1OC. The zero-order valence-corrected chi connectivity index (χ0v) is 15.9. The highest BCUT2D eigenvalue weighted by Crippen LogP contribution is 2.29. The quantitative estimate of drug-likeness (QED) is 0.450. The second-order valence-electron chi connectivity index (χ2n) is 5.48. The van der Waals surface area contributed by atoms with Crippen LogP contribution in [-0.2, 0) is 9.59 Å². The van der Waals surface area contributed by atoms with Crippen LogP contribution in [0.3, 0.4) is 0 Å². The van der Waals surface area contributed by atoms with Crippen LogP contribution >= 0.6 is 11.8 Å². The van der Waals surface area contributed by atoms with E-state index in [4.69, 9.17) is 14.7 Å². The van der Waals surface area contributed by atoms with Gasteiger partial charge in [0.2, 0.25) is 0 Å². The van der Waals surface area contributed by atoms with Gasteiger partial charge in [-0.3, -0.25) is 9.59 Å². The predicted molar refractivity (Wildman–Crippen MR) is 103 cm³/mol. The molecule has 0 saturated heterocycles. The van der Waals surface area contributed by atoms with Crippen LogP contribution in [0.1, 0.15) is 18.5 Å². The molecule has 0 heterocycles. The number of rotatable bonds is 6. The molecule has 27 heavy (non-hydrogen) atoms. The number of carbonyl (C=O) groups excluding carboxylic acids is 2. The Kier molecular flexibility index (Phi) is 7.08. The molecule has 0 aliphatic heterocycles. The van der Waals surface area contributed by atoms with Crippen molar-refractivity contribution in [3.05, 3.63) is 48.0 Å². The second kappa shape index (κ2) is 9.50. The zero-order valence-electron chi connectivity index (χ0n) is 15.1. The van der Waals surface area contributed by atoms with Crippen LogP contribution in [0.15, 0.2) is 47.4 Å². The number of carbonyl (C=O) groups is 2. The number of nitriles is 1. The summed E-state index contributed by atoms with van der Waals surface area (Å²) in [6.45, 7) is 1.76. The zero-order chi connectivity index (χ0) is 19.8. The third-order valence-electron chi connectivity index (χ3n) is 3.74. The number of anilines is 1. The summed E-state index contributed by atoms with van der Waals surface area (Å²) in [5.41, 5.74) is 1.24. The number of nitrogens with zero attached hydrogens (tertiary/aromatic N) is 1. The average Bonchev–Trinajstić information content (AvgIpc) is 2.68. The van der Waals surface area contributed by atoms with Crippen molar-refractivity contribution in [2.45, 2.75) is 17.9 Å². The Morgan fingerprint density at radius 2 is 1.70 bits per heavy atom. The normalized spacial score (nSPS) is 11.0. The molecule has 7 nitrogen and oxygen atoms in total. The van der Waals surface area contributed by atoms with Crippen molar-refractivity contribution in [1.82, 2.24) is 5.32 Å². The Labute approximate surface area is 161 Å². The van der Waals surface area contributed by atoms with E-state index in [1.54, 1.807) is 56.5 Å². The van der Waals surface area contributed by atoms with Crippen molar-refractivity contribution >= 4 is 29.3 Å². The molecule has 1 atom stereocenters. The Morgan fingerprint density at radius 3 is 2.30 bits per heavy atom. The molecule has 0 spiro atoms. The van der Waals surface area contributed by atoms with Crippen molar-refractivity contribution in [1.29, 1.82) is 5.26 Å². The Balaban J connectivity index is 1.99. The molecule has 2 N–H and O–H groups in total. The van der Waals surface area contributed by atoms with Gasteiger partial charge in [-0.05, 0) is 60.6 Å². The molecule has 0 saturated carbocycles. The number of thioether (sulfide) groups is 1. The van der Waals surface area contributed by atoms with Gasteiger partial charge in [0.15, 0.2) is 11.5 Å². The summed E-state index contributed by atoms with van der Waals surface area (Å²) in [6.07, 6.45) is 0. The topological polar surface area (TPSA) is 100 Å². The number of benzene rings is 2. The first-order valence-corrected chi connectivity index (χ1v) is 8.80. The Bertz CT molecular complexity index is 862. The van der Waals surface area contributed by atoms with Crippen LogP contribution in [0.2, 0.25) is 0 Å². The smallest absolute Gasteiger partial charge is 0.313 e. The van der Waals surface area contributed by atoms with E-state index in [1.165, 1.54) is 7.11 Å². The molecule has 2 aromatic rings. The van der Waals surface area contributed by atoms with Crippen LogP contribution in [0.5, 0.6) is 11.5 Å². The summed E-state index contributed by atoms with van der Waals surface area (Å²) >= 11 is 1.02. The average molecular weight is 385 g/mol. The molecule has 0 bridgehead atoms. The molecular formula is C19H19N3O4S. The van der Waals surface area contributed by atoms with Crippen LogP contribution in [-0.4, -0.2) is 26.0 Å². The molecule has 0 aliphatic carbocycles. The largest absolute Gasteiger partial charge is 0.493 e. The van der Waals surface area contributed by atoms with Gasteiger partial charge in [-0.2, -0.15) is 5.26 Å². The second-order valence-corrected chi connectivity index (χ2v) is 6.34. The standard InChI is InChI=1S/C19H19N3O4S/c1-12(13-4-9-16(25-2)17(10-13)26-3)21-18(23)19(24)22-14-5-7-15(8-6-14)27-11-20/h4-10,12H,1-3H3,(H,21,23)(H,22,24). The third kappa shape index (κ3) is 5.39. The molecule has 0 radical (unpaired) electrons. The van der Waals surface area contributed by atoms with Gasteiger partial charge < -0.3 is 20.1 Å². The lowest BCUT2D eigenvalue weighted by Crippen LogP contribution is -2.36. The van der Waals surface area contributed by atoms with Gasteiger partial charge in [0.1, 0.15) is 5.40 Å². The minimum atomic E-state index is -0.775. The number of ether oxygens (including phenoxy) is 2. The van der Waals surface area contributed by atoms with Crippen molar-refractivity contribution in [2.75, 3.05) is 19.5 Å². The van der Waals surface area contributed by atoms with Crippen LogP contribution in [0.25, 0.3) is 0 Å². The van der Waals surface area contributed by atoms with Crippen molar-refractivity contribution in [3.63, 3.8) is 0 Å². The van der Waals surface area contributed by atoms with Gasteiger partial charge in [-0.15, -0.1) is 0 Å². The summed E-state index contributed by atoms with van der Waals surface area (Å²) < 4.78 is 10.4. The summed E-state index contributed by atoms with van der Waals surface area (Å²) in [7, 11) is 3.07. The lowest BCUT2D eigenvalue weighted by molar-refractivity contribution is -0.136. The van der Waals surface area contributed by atoms with E-state index in [0.29, 0.717) is 17.2 Å². The third-order valence-corrected chi connectivity index (χ3v) is 4.34. The first kappa shape index (κ1) is 20.1. The maximum absolute atomic E-state index is 12.2. The molecular weight excluding hydrogens is 366 g/mol. The fourth-order valence-corrected chi connectivity index (χ4v) is 2.69. The van der Waals surface area contributed by atoms with Gasteiger partial charge in [-0.1, -0.05) is 6.07 Å². The lowest BCUT2D eigenvalue weighted by Gasteiger charge is -2.16. The van der Waals surface area contributed by atoms with Gasteiger partial charge in [0.25, 0.3) is 0 Å². The molecule has 2 rings (SSSR count). The van der Waals surface area contributed by atoms with Crippen molar-refractivity contribution in [2.24, 2.45) is 0 Å². The van der Waals surface area contributed by atoms with E-state index in [-0.39, 0.29) is 0 Å². The molecule has 2 amide bonds. The van der Waals surface area contributed by atoms with Crippen LogP contribution < -0.4 is 20.1 Å². The van der Waals surface area contributed by atoms with E-state index >= 15 is 0 Å². The van der Waals surface area contributed by atoms with E-state index in [0.717, 1.165) is 22.2 Å². The van der Waals surface area contributed by atoms with Crippen molar-refractivity contribution in [3.8, 4) is 16.9 Å². The van der Waals surface area contributed by atoms with E-state index < -0.39 is 17.9 Å². The number of amides is 2. The fourth-order valence-electron chi connectivity index (χ4n) is 2.31. The van der Waals surface area contributed by atoms with Gasteiger partial charge in [0.05, 0.1) is 20.3 Å². The fraction of sp³-hybridized carbons (Fsp3) is 0.211. The minimum absolute atomic E-state index is 0.405. The predicted octanol–water partition coefficient (Wildman–Crippen LogP) is 3.09. The highest BCUT2D eigenvalue weighted by Gasteiger charge is 2.18. The summed E-state index contributed by atoms with van der Waals surface area (Å²) in [5.74, 6) is -0.415. The number of hydrogen-bond donors (Lipinski definition) is 2. The summed E-state index contributed by atoms with van der Waals surface area (Å²) in [6, 6.07) is 11.5. The van der Waals surface area contributed by atoms with Gasteiger partial charge >= 0.3 is 11.8 Å². The highest BCUT2D eigenvalue weighted by atomic mass is 32.2. The van der Waals surface area contributed by atoms with E-state index in [2.05, 4.69) is 10.6 Å². The van der Waals surface area contributed by atoms with Gasteiger partial charge in [-0.25, -0.2) is 0 Å². The minimum Gasteiger partial charge on any atom is -0.493 e. The first-order chi connectivity index (χ1) is 13.0. The Morgan fingerprint density at radius 1 is 1.04 bits per heavy atom. The van der Waals surface area contributed by atoms with E-state index in [9.17, 15) is 9.59 Å². The maximum atomic E-state index is 12.2. The first-order valence-electron chi connectivity index (χ1n) is 7.98. The maximum Gasteiger partial charge on any atom is 0.313 e. The van der Waals surface area contributed by atoms with Crippen molar-refractivity contribution < 1.29 is 19.1 Å². The van der Waals surface area contributed by atoms with Crippen LogP contribution in [0, 0.1) is 10.7 Å². The molecule has 0 fully saturated rings. The summed E-state index contributed by atoms with van der Waals surface area (Å²) in [4.78, 5) is 25.0. The summed E-state index contributed by atoms with van der Waals surface area (Å²) in [5, 5.41) is 15.7. The molecule has 140 valence electrons. The number of thiocyanates is 1.